The van der Waals surface area contributed by atoms with Gasteiger partial charge >= 0.3 is 5.97 Å². The van der Waals surface area contributed by atoms with Crippen molar-refractivity contribution in [1.29, 1.82) is 0 Å². The van der Waals surface area contributed by atoms with Gasteiger partial charge in [0.2, 0.25) is 0 Å². The molecule has 0 aliphatic heterocycles. The Morgan fingerprint density at radius 1 is 1.42 bits per heavy atom. The molecule has 0 bridgehead atoms. The number of rotatable bonds is 6. The Morgan fingerprint density at radius 3 is 2.42 bits per heavy atom. The number of carboxylic acids is 1. The van der Waals surface area contributed by atoms with E-state index in [0.29, 0.717) is 12.2 Å². The monoisotopic (exact) mass is 286 g/mol. The quantitative estimate of drug-likeness (QED) is 0.820. The fourth-order valence-corrected chi connectivity index (χ4v) is 2.12. The van der Waals surface area contributed by atoms with Crippen molar-refractivity contribution in [3.8, 4) is 0 Å². The van der Waals surface area contributed by atoms with Gasteiger partial charge in [-0.05, 0) is 24.5 Å². The van der Waals surface area contributed by atoms with Gasteiger partial charge in [-0.25, -0.2) is 18.2 Å². The maximum absolute atomic E-state index is 11.3. The molecule has 1 aromatic rings. The Bertz CT molecular complexity index is 537. The summed E-state index contributed by atoms with van der Waals surface area (Å²) in [7, 11) is -3.29. The predicted molar refractivity (Wildman–Crippen MR) is 71.8 cm³/mol. The van der Waals surface area contributed by atoms with E-state index in [1.807, 2.05) is 13.8 Å². The second-order valence-corrected chi connectivity index (χ2v) is 6.83. The number of hydrogen-bond acceptors (Lipinski definition) is 5. The Balaban J connectivity index is 2.84. The molecule has 6 nitrogen and oxygen atoms in total. The summed E-state index contributed by atoms with van der Waals surface area (Å²) >= 11 is 0. The fraction of sp³-hybridized carbons (Fsp3) is 0.500. The Morgan fingerprint density at radius 2 is 2.05 bits per heavy atom. The minimum atomic E-state index is -3.29. The second-order valence-electron chi connectivity index (χ2n) is 4.82. The van der Waals surface area contributed by atoms with E-state index in [0.717, 1.165) is 6.26 Å². The zero-order valence-corrected chi connectivity index (χ0v) is 11.9. The van der Waals surface area contributed by atoms with Crippen LogP contribution in [-0.4, -0.2) is 36.8 Å². The molecule has 0 aromatic carbocycles. The Kier molecular flexibility index (Phi) is 4.88. The third-order valence-electron chi connectivity index (χ3n) is 2.49. The minimum absolute atomic E-state index is 0.105. The molecule has 0 fully saturated rings. The summed E-state index contributed by atoms with van der Waals surface area (Å²) in [5, 5.41) is 11.9. The SMILES string of the molecule is CC(C)CC(Nc1ccc(S(C)(=O)=O)cn1)C(=O)O. The summed E-state index contributed by atoms with van der Waals surface area (Å²) < 4.78 is 22.5. The first-order valence-electron chi connectivity index (χ1n) is 5.85. The molecule has 1 heterocycles. The molecule has 1 atom stereocenters. The van der Waals surface area contributed by atoms with Crippen LogP contribution in [0, 0.1) is 5.92 Å². The van der Waals surface area contributed by atoms with Crippen molar-refractivity contribution in [1.82, 2.24) is 4.98 Å². The highest BCUT2D eigenvalue weighted by molar-refractivity contribution is 7.90. The first kappa shape index (κ1) is 15.4. The highest BCUT2D eigenvalue weighted by atomic mass is 32.2. The lowest BCUT2D eigenvalue weighted by molar-refractivity contribution is -0.138. The largest absolute Gasteiger partial charge is 0.480 e. The van der Waals surface area contributed by atoms with Crippen LogP contribution in [0.15, 0.2) is 23.2 Å². The van der Waals surface area contributed by atoms with E-state index < -0.39 is 21.8 Å². The van der Waals surface area contributed by atoms with Crippen LogP contribution in [0.1, 0.15) is 20.3 Å². The highest BCUT2D eigenvalue weighted by Crippen LogP contribution is 2.14. The molecule has 0 saturated carbocycles. The van der Waals surface area contributed by atoms with E-state index in [1.165, 1.54) is 18.3 Å². The molecule has 0 amide bonds. The molecule has 1 aromatic heterocycles. The van der Waals surface area contributed by atoms with Crippen molar-refractivity contribution in [2.24, 2.45) is 5.92 Å². The van der Waals surface area contributed by atoms with E-state index in [-0.39, 0.29) is 10.8 Å². The van der Waals surface area contributed by atoms with Gasteiger partial charge in [-0.2, -0.15) is 0 Å². The molecule has 19 heavy (non-hydrogen) atoms. The number of carbonyl (C=O) groups is 1. The topological polar surface area (TPSA) is 96.4 Å². The number of pyridine rings is 1. The van der Waals surface area contributed by atoms with Crippen LogP contribution in [0.25, 0.3) is 0 Å². The zero-order chi connectivity index (χ0) is 14.6. The molecular weight excluding hydrogens is 268 g/mol. The molecule has 0 aliphatic rings. The van der Waals surface area contributed by atoms with Crippen molar-refractivity contribution >= 4 is 21.6 Å². The number of hydrogen-bond donors (Lipinski definition) is 2. The molecule has 0 spiro atoms. The lowest BCUT2D eigenvalue weighted by Crippen LogP contribution is -2.31. The van der Waals surface area contributed by atoms with Crippen molar-refractivity contribution in [2.75, 3.05) is 11.6 Å². The zero-order valence-electron chi connectivity index (χ0n) is 11.1. The second kappa shape index (κ2) is 6.01. The first-order valence-corrected chi connectivity index (χ1v) is 7.74. The number of nitrogens with zero attached hydrogens (tertiary/aromatic N) is 1. The lowest BCUT2D eigenvalue weighted by Gasteiger charge is -2.16. The molecule has 0 radical (unpaired) electrons. The normalized spacial score (nSPS) is 13.3. The summed E-state index contributed by atoms with van der Waals surface area (Å²) in [6.45, 7) is 3.86. The van der Waals surface area contributed by atoms with E-state index in [4.69, 9.17) is 5.11 Å². The molecule has 0 saturated heterocycles. The van der Waals surface area contributed by atoms with Crippen LogP contribution in [0.5, 0.6) is 0 Å². The van der Waals surface area contributed by atoms with Gasteiger partial charge in [-0.1, -0.05) is 13.8 Å². The van der Waals surface area contributed by atoms with Gasteiger partial charge in [0.05, 0.1) is 4.90 Å². The molecule has 2 N–H and O–H groups in total. The molecular formula is C12H18N2O4S. The van der Waals surface area contributed by atoms with Gasteiger partial charge < -0.3 is 10.4 Å². The minimum Gasteiger partial charge on any atom is -0.480 e. The number of anilines is 1. The van der Waals surface area contributed by atoms with Gasteiger partial charge in [0.25, 0.3) is 0 Å². The number of aromatic nitrogens is 1. The third-order valence-corrected chi connectivity index (χ3v) is 3.59. The van der Waals surface area contributed by atoms with Gasteiger partial charge in [0.15, 0.2) is 9.84 Å². The van der Waals surface area contributed by atoms with Crippen LogP contribution < -0.4 is 5.32 Å². The van der Waals surface area contributed by atoms with Crippen LogP contribution in [0.4, 0.5) is 5.82 Å². The number of sulfone groups is 1. The molecule has 0 aliphatic carbocycles. The number of carboxylic acid groups (broad SMARTS) is 1. The fourth-order valence-electron chi connectivity index (χ4n) is 1.56. The first-order chi connectivity index (χ1) is 8.70. The predicted octanol–water partition coefficient (Wildman–Crippen LogP) is 1.40. The van der Waals surface area contributed by atoms with Gasteiger partial charge in [-0.15, -0.1) is 0 Å². The Hall–Kier alpha value is -1.63. The lowest BCUT2D eigenvalue weighted by atomic mass is 10.0. The van der Waals surface area contributed by atoms with Crippen molar-refractivity contribution in [3.63, 3.8) is 0 Å². The standard InChI is InChI=1S/C12H18N2O4S/c1-8(2)6-10(12(15)16)14-11-5-4-9(7-13-11)19(3,17)18/h4-5,7-8,10H,6H2,1-3H3,(H,13,14)(H,15,16). The van der Waals surface area contributed by atoms with E-state index in [1.54, 1.807) is 0 Å². The number of aliphatic carboxylic acids is 1. The summed E-state index contributed by atoms with van der Waals surface area (Å²) in [6, 6.07) is 2.13. The van der Waals surface area contributed by atoms with E-state index in [2.05, 4.69) is 10.3 Å². The number of nitrogens with one attached hydrogen (secondary N) is 1. The highest BCUT2D eigenvalue weighted by Gasteiger charge is 2.19. The van der Waals surface area contributed by atoms with E-state index >= 15 is 0 Å². The summed E-state index contributed by atoms with van der Waals surface area (Å²) in [5.41, 5.74) is 0. The van der Waals surface area contributed by atoms with Gasteiger partial charge in [-0.3, -0.25) is 0 Å². The van der Waals surface area contributed by atoms with Crippen molar-refractivity contribution in [3.05, 3.63) is 18.3 Å². The van der Waals surface area contributed by atoms with E-state index in [9.17, 15) is 13.2 Å². The summed E-state index contributed by atoms with van der Waals surface area (Å²) in [4.78, 5) is 15.1. The Labute approximate surface area is 112 Å². The van der Waals surface area contributed by atoms with Crippen LogP contribution in [0.3, 0.4) is 0 Å². The smallest absolute Gasteiger partial charge is 0.326 e. The average Bonchev–Trinajstić information content (AvgIpc) is 2.27. The van der Waals surface area contributed by atoms with Crippen LogP contribution in [0.2, 0.25) is 0 Å². The maximum atomic E-state index is 11.3. The average molecular weight is 286 g/mol. The summed E-state index contributed by atoms with van der Waals surface area (Å²) in [5.74, 6) is -0.382. The van der Waals surface area contributed by atoms with Crippen molar-refractivity contribution in [2.45, 2.75) is 31.2 Å². The summed E-state index contributed by atoms with van der Waals surface area (Å²) in [6.07, 6.45) is 2.77. The molecule has 106 valence electrons. The maximum Gasteiger partial charge on any atom is 0.326 e. The molecule has 1 rings (SSSR count). The molecule has 1 unspecified atom stereocenters. The molecule has 7 heteroatoms. The third kappa shape index (κ3) is 4.86. The van der Waals surface area contributed by atoms with Crippen molar-refractivity contribution < 1.29 is 18.3 Å². The van der Waals surface area contributed by atoms with Crippen LogP contribution >= 0.6 is 0 Å². The van der Waals surface area contributed by atoms with Gasteiger partial charge in [0, 0.05) is 12.5 Å². The van der Waals surface area contributed by atoms with Crippen LogP contribution in [-0.2, 0) is 14.6 Å². The van der Waals surface area contributed by atoms with Gasteiger partial charge in [0.1, 0.15) is 11.9 Å².